The molecule has 1 aliphatic rings. The van der Waals surface area contributed by atoms with E-state index in [-0.39, 0.29) is 42.5 Å². The van der Waals surface area contributed by atoms with Crippen LogP contribution in [0.1, 0.15) is 21.7 Å². The maximum atomic E-state index is 13.0. The number of carbonyl (C=O) groups is 1. The number of non-ortho nitro benzene ring substituents is 1. The Kier molecular flexibility index (Phi) is 6.10. The lowest BCUT2D eigenvalue weighted by Gasteiger charge is -2.33. The predicted octanol–water partition coefficient (Wildman–Crippen LogP) is 1.50. The number of hydrogen-bond donors (Lipinski definition) is 0. The number of sulfonamides is 1. The zero-order chi connectivity index (χ0) is 24.5. The van der Waals surface area contributed by atoms with Crippen LogP contribution in [0.15, 0.2) is 53.4 Å². The van der Waals surface area contributed by atoms with Crippen molar-refractivity contribution in [2.75, 3.05) is 26.2 Å². The number of benzene rings is 2. The van der Waals surface area contributed by atoms with Gasteiger partial charge in [0.25, 0.3) is 11.6 Å². The number of piperazine rings is 1. The van der Waals surface area contributed by atoms with Crippen LogP contribution in [-0.2, 0) is 10.0 Å². The van der Waals surface area contributed by atoms with Gasteiger partial charge in [0.05, 0.1) is 32.8 Å². The van der Waals surface area contributed by atoms with E-state index in [0.29, 0.717) is 16.9 Å². The number of nitro benzene ring substituents is 1. The largest absolute Gasteiger partial charge is 0.335 e. The lowest BCUT2D eigenvalue weighted by molar-refractivity contribution is -0.384. The van der Waals surface area contributed by atoms with Gasteiger partial charge in [0.15, 0.2) is 5.69 Å². The maximum Gasteiger partial charge on any atom is 0.276 e. The molecule has 0 atom stereocenters. The summed E-state index contributed by atoms with van der Waals surface area (Å²) in [5.74, 6) is -0.399. The van der Waals surface area contributed by atoms with E-state index in [1.54, 1.807) is 13.0 Å². The molecule has 0 spiro atoms. The van der Waals surface area contributed by atoms with E-state index in [9.17, 15) is 23.3 Å². The monoisotopic (exact) mass is 481 g/mol. The Labute approximate surface area is 194 Å². The van der Waals surface area contributed by atoms with Crippen molar-refractivity contribution >= 4 is 21.6 Å². The number of rotatable bonds is 5. The highest BCUT2D eigenvalue weighted by molar-refractivity contribution is 7.89. The van der Waals surface area contributed by atoms with Crippen LogP contribution in [0.2, 0.25) is 0 Å². The van der Waals surface area contributed by atoms with Gasteiger partial charge in [0.1, 0.15) is 0 Å². The highest BCUT2D eigenvalue weighted by Crippen LogP contribution is 2.21. The Balaban J connectivity index is 1.47. The molecule has 1 amide bonds. The minimum atomic E-state index is -3.75. The Morgan fingerprint density at radius 2 is 1.79 bits per heavy atom. The molecule has 4 rings (SSSR count). The second-order valence-electron chi connectivity index (χ2n) is 7.54. The molecule has 34 heavy (non-hydrogen) atoms. The average molecular weight is 481 g/mol. The highest BCUT2D eigenvalue weighted by Gasteiger charge is 2.32. The van der Waals surface area contributed by atoms with E-state index < -0.39 is 20.9 Å². The van der Waals surface area contributed by atoms with Crippen LogP contribution in [-0.4, -0.2) is 69.6 Å². The lowest BCUT2D eigenvalue weighted by atomic mass is 10.2. The number of nitro groups is 1. The Morgan fingerprint density at radius 3 is 2.41 bits per heavy atom. The minimum Gasteiger partial charge on any atom is -0.335 e. The molecule has 1 fully saturated rings. The molecule has 174 valence electrons. The predicted molar refractivity (Wildman–Crippen MR) is 119 cm³/mol. The van der Waals surface area contributed by atoms with Gasteiger partial charge in [-0.3, -0.25) is 14.9 Å². The van der Waals surface area contributed by atoms with Crippen molar-refractivity contribution in [3.8, 4) is 11.8 Å². The Hall–Kier alpha value is -4.15. The van der Waals surface area contributed by atoms with Gasteiger partial charge in [-0.2, -0.15) is 9.57 Å². The quantitative estimate of drug-likeness (QED) is 0.392. The van der Waals surface area contributed by atoms with Crippen LogP contribution >= 0.6 is 0 Å². The Morgan fingerprint density at radius 1 is 1.12 bits per heavy atom. The first-order valence-corrected chi connectivity index (χ1v) is 11.6. The number of nitriles is 1. The average Bonchev–Trinajstić information content (AvgIpc) is 3.24. The number of carbonyl (C=O) groups excluding carboxylic acids is 1. The van der Waals surface area contributed by atoms with Gasteiger partial charge in [-0.25, -0.2) is 13.1 Å². The first kappa shape index (κ1) is 23.0. The molecular formula is C21H19N7O5S. The van der Waals surface area contributed by atoms with Crippen molar-refractivity contribution in [3.05, 3.63) is 75.6 Å². The smallest absolute Gasteiger partial charge is 0.276 e. The lowest BCUT2D eigenvalue weighted by Crippen LogP contribution is -2.50. The van der Waals surface area contributed by atoms with Crippen LogP contribution in [0.5, 0.6) is 0 Å². The summed E-state index contributed by atoms with van der Waals surface area (Å²) in [6, 6.07) is 13.4. The van der Waals surface area contributed by atoms with Gasteiger partial charge in [0.2, 0.25) is 10.0 Å². The van der Waals surface area contributed by atoms with Crippen molar-refractivity contribution in [1.82, 2.24) is 24.2 Å². The van der Waals surface area contributed by atoms with Gasteiger partial charge < -0.3 is 4.90 Å². The first-order chi connectivity index (χ1) is 16.2. The van der Waals surface area contributed by atoms with Crippen LogP contribution < -0.4 is 0 Å². The fraction of sp³-hybridized carbons (Fsp3) is 0.238. The van der Waals surface area contributed by atoms with E-state index in [2.05, 4.69) is 10.3 Å². The fourth-order valence-corrected chi connectivity index (χ4v) is 5.06. The van der Waals surface area contributed by atoms with E-state index in [1.807, 2.05) is 6.07 Å². The number of aromatic nitrogens is 3. The van der Waals surface area contributed by atoms with Crippen LogP contribution in [0.4, 0.5) is 5.69 Å². The molecule has 1 aliphatic heterocycles. The van der Waals surface area contributed by atoms with Gasteiger partial charge in [-0.15, -0.1) is 5.10 Å². The summed E-state index contributed by atoms with van der Waals surface area (Å²) >= 11 is 0. The summed E-state index contributed by atoms with van der Waals surface area (Å²) in [7, 11) is -3.75. The zero-order valence-electron chi connectivity index (χ0n) is 18.0. The molecule has 1 saturated heterocycles. The summed E-state index contributed by atoms with van der Waals surface area (Å²) in [5.41, 5.74) is 1.16. The van der Waals surface area contributed by atoms with Crippen molar-refractivity contribution < 1.29 is 18.1 Å². The molecule has 2 heterocycles. The molecule has 0 radical (unpaired) electrons. The molecule has 13 heteroatoms. The van der Waals surface area contributed by atoms with E-state index in [1.165, 1.54) is 56.4 Å². The standard InChI is InChI=1S/C21H19N7O5S/c1-15-20(23-24-27(15)17-3-2-4-18(13-17)28(30)31)21(29)25-9-11-26(12-10-25)34(32,33)19-7-5-16(14-22)6-8-19/h2-8,13H,9-12H2,1H3. The Bertz CT molecular complexity index is 1400. The zero-order valence-corrected chi connectivity index (χ0v) is 18.8. The number of amides is 1. The molecule has 0 aliphatic carbocycles. The molecule has 0 unspecified atom stereocenters. The fourth-order valence-electron chi connectivity index (χ4n) is 3.64. The number of nitrogens with zero attached hydrogens (tertiary/aromatic N) is 7. The van der Waals surface area contributed by atoms with Gasteiger partial charge >= 0.3 is 0 Å². The molecule has 3 aromatic rings. The van der Waals surface area contributed by atoms with Crippen LogP contribution in [0, 0.1) is 28.4 Å². The molecular weight excluding hydrogens is 462 g/mol. The van der Waals surface area contributed by atoms with E-state index in [0.717, 1.165) is 0 Å². The third kappa shape index (κ3) is 4.24. The molecule has 12 nitrogen and oxygen atoms in total. The first-order valence-electron chi connectivity index (χ1n) is 10.2. The summed E-state index contributed by atoms with van der Waals surface area (Å²) in [6.07, 6.45) is 0. The summed E-state index contributed by atoms with van der Waals surface area (Å²) in [5, 5.41) is 27.9. The topological polar surface area (TPSA) is 155 Å². The molecule has 0 N–H and O–H groups in total. The van der Waals surface area contributed by atoms with E-state index in [4.69, 9.17) is 5.26 Å². The van der Waals surface area contributed by atoms with Crippen molar-refractivity contribution in [2.45, 2.75) is 11.8 Å². The van der Waals surface area contributed by atoms with Crippen molar-refractivity contribution in [2.24, 2.45) is 0 Å². The normalized spacial score (nSPS) is 14.5. The summed E-state index contributed by atoms with van der Waals surface area (Å²) in [6.45, 7) is 2.17. The molecule has 0 saturated carbocycles. The number of hydrogen-bond acceptors (Lipinski definition) is 8. The van der Waals surface area contributed by atoms with Gasteiger partial charge in [-0.1, -0.05) is 11.3 Å². The maximum absolute atomic E-state index is 13.0. The third-order valence-corrected chi connectivity index (χ3v) is 7.44. The van der Waals surface area contributed by atoms with Gasteiger partial charge in [0, 0.05) is 38.3 Å². The molecule has 2 aromatic carbocycles. The second-order valence-corrected chi connectivity index (χ2v) is 9.48. The molecule has 0 bridgehead atoms. The van der Waals surface area contributed by atoms with Crippen molar-refractivity contribution in [3.63, 3.8) is 0 Å². The second kappa shape index (κ2) is 9.00. The highest BCUT2D eigenvalue weighted by atomic mass is 32.2. The van der Waals surface area contributed by atoms with Crippen LogP contribution in [0.3, 0.4) is 0 Å². The minimum absolute atomic E-state index is 0.0852. The summed E-state index contributed by atoms with van der Waals surface area (Å²) < 4.78 is 28.4. The van der Waals surface area contributed by atoms with Crippen LogP contribution in [0.25, 0.3) is 5.69 Å². The van der Waals surface area contributed by atoms with Crippen molar-refractivity contribution in [1.29, 1.82) is 5.26 Å². The van der Waals surface area contributed by atoms with E-state index >= 15 is 0 Å². The third-order valence-electron chi connectivity index (χ3n) is 5.53. The van der Waals surface area contributed by atoms with Gasteiger partial charge in [-0.05, 0) is 37.3 Å². The molecule has 1 aromatic heterocycles. The SMILES string of the molecule is Cc1c(C(=O)N2CCN(S(=O)(=O)c3ccc(C#N)cc3)CC2)nnn1-c1cccc([N+](=O)[O-])c1. The summed E-state index contributed by atoms with van der Waals surface area (Å²) in [4.78, 5) is 25.2.